The summed E-state index contributed by atoms with van der Waals surface area (Å²) in [5.74, 6) is 0.271. The van der Waals surface area contributed by atoms with Gasteiger partial charge >= 0.3 is 0 Å². The molecule has 2 fully saturated rings. The summed E-state index contributed by atoms with van der Waals surface area (Å²) in [5, 5.41) is 3.32. The van der Waals surface area contributed by atoms with Gasteiger partial charge in [-0.3, -0.25) is 0 Å². The van der Waals surface area contributed by atoms with E-state index < -0.39 is 10.0 Å². The molecule has 2 heterocycles. The Balaban J connectivity index is 1.90. The van der Waals surface area contributed by atoms with E-state index >= 15 is 0 Å². The molecule has 18 heavy (non-hydrogen) atoms. The van der Waals surface area contributed by atoms with Crippen LogP contribution in [-0.2, 0) is 10.0 Å². The number of piperidine rings is 1. The van der Waals surface area contributed by atoms with Crippen LogP contribution in [0.1, 0.15) is 25.7 Å². The van der Waals surface area contributed by atoms with E-state index in [1.54, 1.807) is 4.31 Å². The predicted octanol–water partition coefficient (Wildman–Crippen LogP) is 0.0942. The Labute approximate surface area is 111 Å². The Bertz CT molecular complexity index is 364. The molecule has 0 saturated carbocycles. The molecule has 2 saturated heterocycles. The molecule has 0 aliphatic carbocycles. The highest BCUT2D eigenvalue weighted by Crippen LogP contribution is 2.19. The third-order valence-corrected chi connectivity index (χ3v) is 6.02. The van der Waals surface area contributed by atoms with Crippen LogP contribution >= 0.6 is 0 Å². The summed E-state index contributed by atoms with van der Waals surface area (Å²) in [6, 6.07) is 0.529. The summed E-state index contributed by atoms with van der Waals surface area (Å²) >= 11 is 0. The minimum absolute atomic E-state index is 0.155. The van der Waals surface area contributed by atoms with Gasteiger partial charge in [-0.2, -0.15) is 0 Å². The minimum atomic E-state index is -3.08. The fourth-order valence-electron chi connectivity index (χ4n) is 2.81. The fourth-order valence-corrected chi connectivity index (χ4v) is 4.60. The fraction of sp³-hybridized carbons (Fsp3) is 1.00. The first-order valence-corrected chi connectivity index (χ1v) is 8.47. The number of hydrogen-bond donors (Lipinski definition) is 1. The van der Waals surface area contributed by atoms with Crippen LogP contribution in [0, 0.1) is 0 Å². The van der Waals surface area contributed by atoms with Gasteiger partial charge in [-0.05, 0) is 39.9 Å². The van der Waals surface area contributed by atoms with Crippen molar-refractivity contribution in [2.24, 2.45) is 0 Å². The van der Waals surface area contributed by atoms with E-state index in [4.69, 9.17) is 0 Å². The lowest BCUT2D eigenvalue weighted by molar-refractivity contribution is 0.301. The Hall–Kier alpha value is -0.170. The predicted molar refractivity (Wildman–Crippen MR) is 73.1 cm³/mol. The molecular weight excluding hydrogens is 250 g/mol. The molecule has 0 aromatic rings. The Morgan fingerprint density at radius 2 is 2.06 bits per heavy atom. The highest BCUT2D eigenvalue weighted by molar-refractivity contribution is 7.89. The van der Waals surface area contributed by atoms with Crippen molar-refractivity contribution in [1.82, 2.24) is 14.5 Å². The number of sulfonamides is 1. The summed E-state index contributed by atoms with van der Waals surface area (Å²) < 4.78 is 26.3. The van der Waals surface area contributed by atoms with Crippen LogP contribution < -0.4 is 5.32 Å². The Kier molecular flexibility index (Phi) is 4.64. The Morgan fingerprint density at radius 3 is 2.61 bits per heavy atom. The number of rotatable bonds is 4. The largest absolute Gasteiger partial charge is 0.313 e. The zero-order valence-electron chi connectivity index (χ0n) is 11.4. The van der Waals surface area contributed by atoms with Crippen molar-refractivity contribution in [3.63, 3.8) is 0 Å². The molecule has 5 nitrogen and oxygen atoms in total. The summed E-state index contributed by atoms with van der Waals surface area (Å²) in [6.45, 7) is 2.29. The molecule has 2 unspecified atom stereocenters. The molecule has 106 valence electrons. The molecule has 2 atom stereocenters. The van der Waals surface area contributed by atoms with Crippen LogP contribution in [0.3, 0.4) is 0 Å². The average Bonchev–Trinajstić information content (AvgIpc) is 2.79. The van der Waals surface area contributed by atoms with Gasteiger partial charge in [0.15, 0.2) is 0 Å². The van der Waals surface area contributed by atoms with Crippen LogP contribution in [0.5, 0.6) is 0 Å². The molecule has 0 aromatic heterocycles. The molecule has 0 radical (unpaired) electrons. The van der Waals surface area contributed by atoms with Crippen molar-refractivity contribution in [2.45, 2.75) is 37.8 Å². The number of hydrogen-bond acceptors (Lipinski definition) is 4. The van der Waals surface area contributed by atoms with Gasteiger partial charge in [0.2, 0.25) is 10.0 Å². The molecule has 0 amide bonds. The molecular formula is C12H25N3O2S. The normalized spacial score (nSPS) is 31.1. The van der Waals surface area contributed by atoms with Gasteiger partial charge in [-0.15, -0.1) is 0 Å². The number of nitrogens with one attached hydrogen (secondary N) is 1. The van der Waals surface area contributed by atoms with Crippen LogP contribution in [0.4, 0.5) is 0 Å². The Morgan fingerprint density at radius 1 is 1.28 bits per heavy atom. The topological polar surface area (TPSA) is 52.7 Å². The van der Waals surface area contributed by atoms with Gasteiger partial charge < -0.3 is 10.2 Å². The van der Waals surface area contributed by atoms with E-state index in [1.165, 1.54) is 6.42 Å². The van der Waals surface area contributed by atoms with E-state index in [0.717, 1.165) is 25.8 Å². The number of likely N-dealkylation sites (N-methyl/N-ethyl adjacent to an activating group) is 1. The van der Waals surface area contributed by atoms with Crippen LogP contribution in [0.25, 0.3) is 0 Å². The molecule has 0 spiro atoms. The van der Waals surface area contributed by atoms with Gasteiger partial charge in [0.05, 0.1) is 5.75 Å². The first kappa shape index (κ1) is 14.2. The zero-order valence-corrected chi connectivity index (χ0v) is 12.2. The molecule has 1 N–H and O–H groups in total. The smallest absolute Gasteiger partial charge is 0.215 e. The van der Waals surface area contributed by atoms with Crippen LogP contribution in [0.15, 0.2) is 0 Å². The summed E-state index contributed by atoms with van der Waals surface area (Å²) in [4.78, 5) is 2.12. The summed E-state index contributed by atoms with van der Waals surface area (Å²) in [7, 11) is 0.953. The van der Waals surface area contributed by atoms with Crippen LogP contribution in [-0.4, -0.2) is 69.2 Å². The van der Waals surface area contributed by atoms with E-state index in [9.17, 15) is 8.42 Å². The second-order valence-electron chi connectivity index (χ2n) is 5.69. The second-order valence-corrected chi connectivity index (χ2v) is 7.70. The second kappa shape index (κ2) is 5.86. The maximum atomic E-state index is 12.3. The number of nitrogens with zero attached hydrogens (tertiary/aromatic N) is 2. The quantitative estimate of drug-likeness (QED) is 0.790. The average molecular weight is 275 g/mol. The standard InChI is InChI=1S/C12H25N3O2S/c1-14(2)12-6-8-15(9-12)18(16,17)10-11-5-3-4-7-13-11/h11-13H,3-10H2,1-2H3. The maximum absolute atomic E-state index is 12.3. The molecule has 0 aromatic carbocycles. The maximum Gasteiger partial charge on any atom is 0.215 e. The monoisotopic (exact) mass is 275 g/mol. The minimum Gasteiger partial charge on any atom is -0.313 e. The third-order valence-electron chi connectivity index (χ3n) is 4.07. The van der Waals surface area contributed by atoms with Crippen molar-refractivity contribution < 1.29 is 8.42 Å². The van der Waals surface area contributed by atoms with E-state index in [2.05, 4.69) is 10.2 Å². The van der Waals surface area contributed by atoms with Gasteiger partial charge in [0, 0.05) is 25.2 Å². The SMILES string of the molecule is CN(C)C1CCN(S(=O)(=O)CC2CCCCN2)C1. The van der Waals surface area contributed by atoms with E-state index in [-0.39, 0.29) is 11.8 Å². The first-order valence-electron chi connectivity index (χ1n) is 6.86. The molecule has 0 bridgehead atoms. The molecule has 2 rings (SSSR count). The molecule has 2 aliphatic rings. The highest BCUT2D eigenvalue weighted by atomic mass is 32.2. The zero-order chi connectivity index (χ0) is 13.2. The first-order chi connectivity index (χ1) is 8.49. The lowest BCUT2D eigenvalue weighted by Gasteiger charge is -2.26. The van der Waals surface area contributed by atoms with Crippen molar-refractivity contribution >= 4 is 10.0 Å². The van der Waals surface area contributed by atoms with Crippen molar-refractivity contribution in [3.05, 3.63) is 0 Å². The van der Waals surface area contributed by atoms with Gasteiger partial charge in [-0.1, -0.05) is 6.42 Å². The lowest BCUT2D eigenvalue weighted by Crippen LogP contribution is -2.44. The molecule has 2 aliphatic heterocycles. The van der Waals surface area contributed by atoms with E-state index in [0.29, 0.717) is 19.1 Å². The lowest BCUT2D eigenvalue weighted by atomic mass is 10.1. The molecule has 6 heteroatoms. The summed E-state index contributed by atoms with van der Waals surface area (Å²) in [5.41, 5.74) is 0. The van der Waals surface area contributed by atoms with Crippen LogP contribution in [0.2, 0.25) is 0 Å². The van der Waals surface area contributed by atoms with E-state index in [1.807, 2.05) is 14.1 Å². The van der Waals surface area contributed by atoms with Crippen molar-refractivity contribution in [3.8, 4) is 0 Å². The summed E-state index contributed by atoms with van der Waals surface area (Å²) in [6.07, 6.45) is 4.25. The highest BCUT2D eigenvalue weighted by Gasteiger charge is 2.33. The third kappa shape index (κ3) is 3.44. The van der Waals surface area contributed by atoms with Gasteiger partial charge in [-0.25, -0.2) is 12.7 Å². The van der Waals surface area contributed by atoms with Crippen molar-refractivity contribution in [1.29, 1.82) is 0 Å². The van der Waals surface area contributed by atoms with Crippen molar-refractivity contribution in [2.75, 3.05) is 39.5 Å². The van der Waals surface area contributed by atoms with Gasteiger partial charge in [0.25, 0.3) is 0 Å². The van der Waals surface area contributed by atoms with Gasteiger partial charge in [0.1, 0.15) is 0 Å².